The zero-order chi connectivity index (χ0) is 18.0. The van der Waals surface area contributed by atoms with E-state index in [2.05, 4.69) is 28.8 Å². The van der Waals surface area contributed by atoms with Crippen LogP contribution in [0.3, 0.4) is 0 Å². The Kier molecular flexibility index (Phi) is 9.36. The number of imidazole rings is 1. The van der Waals surface area contributed by atoms with Crippen LogP contribution in [0.2, 0.25) is 0 Å². The van der Waals surface area contributed by atoms with Crippen LogP contribution in [-0.2, 0) is 4.74 Å². The molecule has 0 amide bonds. The van der Waals surface area contributed by atoms with Crippen LogP contribution in [0.4, 0.5) is 5.82 Å². The summed E-state index contributed by atoms with van der Waals surface area (Å²) in [6.45, 7) is 14.0. The summed E-state index contributed by atoms with van der Waals surface area (Å²) in [5.74, 6) is -0.514. The van der Waals surface area contributed by atoms with Crippen LogP contribution in [0, 0.1) is 0 Å². The van der Waals surface area contributed by atoms with Gasteiger partial charge in [0.2, 0.25) is 0 Å². The van der Waals surface area contributed by atoms with Gasteiger partial charge in [0.05, 0.1) is 6.33 Å². The van der Waals surface area contributed by atoms with Crippen molar-refractivity contribution in [2.24, 2.45) is 0 Å². The van der Waals surface area contributed by atoms with Crippen LogP contribution in [-0.4, -0.2) is 37.0 Å². The average Bonchev–Trinajstić information content (AvgIpc) is 2.93. The van der Waals surface area contributed by atoms with Crippen LogP contribution in [0.5, 0.6) is 0 Å². The molecule has 0 radical (unpaired) electrons. The van der Waals surface area contributed by atoms with Crippen LogP contribution in [0.25, 0.3) is 11.2 Å². The van der Waals surface area contributed by atoms with Gasteiger partial charge in [0.1, 0.15) is 11.8 Å². The van der Waals surface area contributed by atoms with Crippen molar-refractivity contribution in [2.45, 2.75) is 66.7 Å². The van der Waals surface area contributed by atoms with E-state index in [4.69, 9.17) is 15.6 Å². The molecule has 0 atom stereocenters. The molecular formula is C16H31N5O2. The first kappa shape index (κ1) is 21.3. The molecule has 2 rings (SSSR count). The summed E-state index contributed by atoms with van der Waals surface area (Å²) in [5, 5.41) is 8.93. The number of nitrogen functional groups attached to an aromatic ring is 1. The number of hydrogen-bond donors (Lipinski definition) is 2. The molecule has 2 heterocycles. The Labute approximate surface area is 138 Å². The maximum atomic E-state index is 8.93. The molecule has 0 bridgehead atoms. The van der Waals surface area contributed by atoms with Crippen LogP contribution >= 0.6 is 0 Å². The molecule has 3 N–H and O–H groups in total. The van der Waals surface area contributed by atoms with Crippen molar-refractivity contribution in [3.8, 4) is 0 Å². The standard InChI is InChI=1S/C8H11N5.C6H14O2.C2H6/c1-5(2)13-4-12-6-7(9)10-3-11-8(6)13;1-4-5-8-6(2,3)7;1-2/h3-5H,1-2H3,(H2,9,10,11);7H,4-5H2,1-3H3;1-2H3. The van der Waals surface area contributed by atoms with Crippen molar-refractivity contribution >= 4 is 17.0 Å². The Morgan fingerprint density at radius 1 is 1.26 bits per heavy atom. The monoisotopic (exact) mass is 325 g/mol. The highest BCUT2D eigenvalue weighted by Crippen LogP contribution is 2.17. The highest BCUT2D eigenvalue weighted by atomic mass is 16.6. The molecule has 0 aromatic carbocycles. The molecule has 0 fully saturated rings. The van der Waals surface area contributed by atoms with Gasteiger partial charge in [-0.05, 0) is 34.1 Å². The van der Waals surface area contributed by atoms with Crippen molar-refractivity contribution < 1.29 is 9.84 Å². The van der Waals surface area contributed by atoms with Gasteiger partial charge in [-0.15, -0.1) is 0 Å². The normalized spacial score (nSPS) is 10.8. The second-order valence-corrected chi connectivity index (χ2v) is 5.47. The van der Waals surface area contributed by atoms with Gasteiger partial charge in [-0.25, -0.2) is 15.0 Å². The van der Waals surface area contributed by atoms with Crippen molar-refractivity contribution in [1.82, 2.24) is 19.5 Å². The van der Waals surface area contributed by atoms with Gasteiger partial charge in [-0.3, -0.25) is 0 Å². The summed E-state index contributed by atoms with van der Waals surface area (Å²) in [5.41, 5.74) is 7.11. The summed E-state index contributed by atoms with van der Waals surface area (Å²) in [4.78, 5) is 12.2. The Bertz CT molecular complexity index is 561. The average molecular weight is 325 g/mol. The quantitative estimate of drug-likeness (QED) is 0.838. The molecule has 0 spiro atoms. The summed E-state index contributed by atoms with van der Waals surface area (Å²) < 4.78 is 6.90. The third-order valence-corrected chi connectivity index (χ3v) is 2.60. The third-order valence-electron chi connectivity index (χ3n) is 2.60. The molecule has 7 nitrogen and oxygen atoms in total. The summed E-state index contributed by atoms with van der Waals surface area (Å²) in [6.07, 6.45) is 4.14. The molecule has 0 aliphatic heterocycles. The van der Waals surface area contributed by atoms with Gasteiger partial charge < -0.3 is 20.1 Å². The van der Waals surface area contributed by atoms with E-state index in [0.717, 1.165) is 12.1 Å². The second-order valence-electron chi connectivity index (χ2n) is 5.47. The van der Waals surface area contributed by atoms with Gasteiger partial charge in [-0.1, -0.05) is 20.8 Å². The Balaban J connectivity index is 0.000000421. The van der Waals surface area contributed by atoms with E-state index in [1.807, 2.05) is 25.3 Å². The van der Waals surface area contributed by atoms with Gasteiger partial charge in [-0.2, -0.15) is 0 Å². The van der Waals surface area contributed by atoms with E-state index in [9.17, 15) is 0 Å². The summed E-state index contributed by atoms with van der Waals surface area (Å²) >= 11 is 0. The first-order valence-corrected chi connectivity index (χ1v) is 8.05. The van der Waals surface area contributed by atoms with Gasteiger partial charge >= 0.3 is 0 Å². The second kappa shape index (κ2) is 10.1. The zero-order valence-corrected chi connectivity index (χ0v) is 15.4. The molecule has 0 aliphatic carbocycles. The highest BCUT2D eigenvalue weighted by Gasteiger charge is 2.10. The molecule has 132 valence electrons. The number of hydrogen-bond acceptors (Lipinski definition) is 6. The number of nitrogens with zero attached hydrogens (tertiary/aromatic N) is 4. The van der Waals surface area contributed by atoms with E-state index in [1.54, 1.807) is 20.2 Å². The van der Waals surface area contributed by atoms with Crippen LogP contribution in [0.1, 0.15) is 60.9 Å². The Morgan fingerprint density at radius 3 is 2.30 bits per heavy atom. The van der Waals surface area contributed by atoms with Crippen molar-refractivity contribution in [3.63, 3.8) is 0 Å². The molecule has 0 saturated carbocycles. The van der Waals surface area contributed by atoms with Crippen LogP contribution in [0.15, 0.2) is 12.7 Å². The predicted molar refractivity (Wildman–Crippen MR) is 94.0 cm³/mol. The molecule has 23 heavy (non-hydrogen) atoms. The fourth-order valence-corrected chi connectivity index (χ4v) is 1.60. The van der Waals surface area contributed by atoms with E-state index in [1.165, 1.54) is 6.33 Å². The first-order valence-electron chi connectivity index (χ1n) is 8.05. The maximum Gasteiger partial charge on any atom is 0.165 e. The molecular weight excluding hydrogens is 294 g/mol. The topological polar surface area (TPSA) is 99.1 Å². The maximum absolute atomic E-state index is 8.93. The molecule has 0 saturated heterocycles. The number of ether oxygens (including phenoxy) is 1. The smallest absolute Gasteiger partial charge is 0.165 e. The number of rotatable bonds is 4. The number of aromatic nitrogens is 4. The summed E-state index contributed by atoms with van der Waals surface area (Å²) in [6, 6.07) is 0.333. The minimum Gasteiger partial charge on any atom is -0.382 e. The fourth-order valence-electron chi connectivity index (χ4n) is 1.60. The predicted octanol–water partition coefficient (Wildman–Crippen LogP) is 3.16. The molecule has 0 aliphatic rings. The van der Waals surface area contributed by atoms with Gasteiger partial charge in [0.25, 0.3) is 0 Å². The van der Waals surface area contributed by atoms with Crippen LogP contribution < -0.4 is 5.73 Å². The largest absolute Gasteiger partial charge is 0.382 e. The lowest BCUT2D eigenvalue weighted by Gasteiger charge is -2.16. The highest BCUT2D eigenvalue weighted by molar-refractivity contribution is 5.81. The third kappa shape index (κ3) is 7.38. The minimum absolute atomic E-state index is 0.333. The molecule has 7 heteroatoms. The number of fused-ring (bicyclic) bond motifs is 1. The number of anilines is 1. The van der Waals surface area contributed by atoms with E-state index < -0.39 is 5.79 Å². The van der Waals surface area contributed by atoms with Crippen molar-refractivity contribution in [3.05, 3.63) is 12.7 Å². The number of nitrogens with two attached hydrogens (primary N) is 1. The fraction of sp³-hybridized carbons (Fsp3) is 0.688. The SMILES string of the molecule is CC.CC(C)n1cnc2c(N)ncnc21.CCCOC(C)(C)O. The zero-order valence-electron chi connectivity index (χ0n) is 15.4. The molecule has 0 unspecified atom stereocenters. The first-order chi connectivity index (χ1) is 10.8. The lowest BCUT2D eigenvalue weighted by Crippen LogP contribution is -2.23. The van der Waals surface area contributed by atoms with Crippen molar-refractivity contribution in [1.29, 1.82) is 0 Å². The van der Waals surface area contributed by atoms with Crippen molar-refractivity contribution in [2.75, 3.05) is 12.3 Å². The van der Waals surface area contributed by atoms with Gasteiger partial charge in [0.15, 0.2) is 17.3 Å². The van der Waals surface area contributed by atoms with E-state index in [0.29, 0.717) is 24.0 Å². The van der Waals surface area contributed by atoms with Gasteiger partial charge in [0, 0.05) is 12.6 Å². The van der Waals surface area contributed by atoms with E-state index in [-0.39, 0.29) is 0 Å². The Morgan fingerprint density at radius 2 is 1.87 bits per heavy atom. The lowest BCUT2D eigenvalue weighted by atomic mass is 10.4. The van der Waals surface area contributed by atoms with E-state index >= 15 is 0 Å². The Hall–Kier alpha value is -1.73. The minimum atomic E-state index is -0.948. The summed E-state index contributed by atoms with van der Waals surface area (Å²) in [7, 11) is 0. The molecule has 2 aromatic rings. The molecule has 2 aromatic heterocycles. The number of aliphatic hydroxyl groups is 1. The lowest BCUT2D eigenvalue weighted by molar-refractivity contribution is -0.175.